The number of aromatic nitrogens is 1. The SMILES string of the molecule is CCOC(=O)N1CSC[C@@H]1C(=O)N[C@@H](Cc1ccc(NC(=O)c2c(Cl)cccc2Cl)nc1)C(=O)O. The molecule has 0 spiro atoms. The van der Waals surface area contributed by atoms with Crippen molar-refractivity contribution in [3.05, 3.63) is 57.7 Å². The van der Waals surface area contributed by atoms with Gasteiger partial charge in [0.15, 0.2) is 0 Å². The third kappa shape index (κ3) is 6.77. The van der Waals surface area contributed by atoms with Crippen LogP contribution in [0, 0.1) is 0 Å². The average Bonchev–Trinajstić information content (AvgIpc) is 3.30. The number of carboxylic acids is 1. The fourth-order valence-electron chi connectivity index (χ4n) is 3.26. The molecular formula is C22H22Cl2N4O6S. The monoisotopic (exact) mass is 540 g/mol. The minimum absolute atomic E-state index is 0.0576. The van der Waals surface area contributed by atoms with Gasteiger partial charge in [0.05, 0.1) is 28.1 Å². The van der Waals surface area contributed by atoms with Crippen LogP contribution in [-0.2, 0) is 20.7 Å². The lowest BCUT2D eigenvalue weighted by Gasteiger charge is -2.24. The number of hydrogen-bond donors (Lipinski definition) is 3. The zero-order valence-electron chi connectivity index (χ0n) is 18.5. The van der Waals surface area contributed by atoms with Crippen molar-refractivity contribution < 1.29 is 29.0 Å². The summed E-state index contributed by atoms with van der Waals surface area (Å²) < 4.78 is 4.96. The maximum absolute atomic E-state index is 12.7. The van der Waals surface area contributed by atoms with E-state index in [1.54, 1.807) is 19.1 Å². The number of amides is 3. The second-order valence-electron chi connectivity index (χ2n) is 7.39. The molecule has 0 radical (unpaired) electrons. The molecule has 3 rings (SSSR count). The molecule has 1 fully saturated rings. The third-order valence-electron chi connectivity index (χ3n) is 5.00. The summed E-state index contributed by atoms with van der Waals surface area (Å²) in [7, 11) is 0. The number of anilines is 1. The molecule has 1 aliphatic rings. The van der Waals surface area contributed by atoms with E-state index in [2.05, 4.69) is 15.6 Å². The topological polar surface area (TPSA) is 138 Å². The summed E-state index contributed by atoms with van der Waals surface area (Å²) in [6.45, 7) is 1.83. The first-order chi connectivity index (χ1) is 16.7. The van der Waals surface area contributed by atoms with E-state index >= 15 is 0 Å². The lowest BCUT2D eigenvalue weighted by atomic mass is 10.1. The van der Waals surface area contributed by atoms with Crippen LogP contribution in [-0.4, -0.2) is 69.2 Å². The van der Waals surface area contributed by atoms with Crippen molar-refractivity contribution in [2.75, 3.05) is 23.6 Å². The van der Waals surface area contributed by atoms with Crippen molar-refractivity contribution in [1.29, 1.82) is 0 Å². The molecule has 1 aromatic carbocycles. The molecule has 1 saturated heterocycles. The number of nitrogens with zero attached hydrogens (tertiary/aromatic N) is 2. The van der Waals surface area contributed by atoms with Crippen molar-refractivity contribution in [3.63, 3.8) is 0 Å². The van der Waals surface area contributed by atoms with Gasteiger partial charge in [0.1, 0.15) is 17.9 Å². The second kappa shape index (κ2) is 12.1. The van der Waals surface area contributed by atoms with Crippen LogP contribution in [0.25, 0.3) is 0 Å². The summed E-state index contributed by atoms with van der Waals surface area (Å²) in [5.74, 6) is -1.54. The van der Waals surface area contributed by atoms with E-state index in [1.165, 1.54) is 41.1 Å². The summed E-state index contributed by atoms with van der Waals surface area (Å²) in [4.78, 5) is 54.4. The summed E-state index contributed by atoms with van der Waals surface area (Å²) in [5.41, 5.74) is 0.617. The van der Waals surface area contributed by atoms with Crippen LogP contribution in [0.15, 0.2) is 36.5 Å². The minimum Gasteiger partial charge on any atom is -0.480 e. The molecule has 0 bridgehead atoms. The van der Waals surface area contributed by atoms with Crippen LogP contribution in [0.1, 0.15) is 22.8 Å². The van der Waals surface area contributed by atoms with Crippen LogP contribution >= 0.6 is 35.0 Å². The Bertz CT molecular complexity index is 1100. The Morgan fingerprint density at radius 2 is 1.94 bits per heavy atom. The van der Waals surface area contributed by atoms with Crippen molar-refractivity contribution in [3.8, 4) is 0 Å². The van der Waals surface area contributed by atoms with Gasteiger partial charge >= 0.3 is 12.1 Å². The van der Waals surface area contributed by atoms with Gasteiger partial charge in [-0.05, 0) is 30.7 Å². The second-order valence-corrected chi connectivity index (χ2v) is 9.20. The highest BCUT2D eigenvalue weighted by atomic mass is 35.5. The fraction of sp³-hybridized carbons (Fsp3) is 0.318. The Hall–Kier alpha value is -3.02. The Labute approximate surface area is 215 Å². The summed E-state index contributed by atoms with van der Waals surface area (Å²) in [6.07, 6.45) is 0.713. The third-order valence-corrected chi connectivity index (χ3v) is 6.64. The van der Waals surface area contributed by atoms with Gasteiger partial charge in [-0.15, -0.1) is 11.8 Å². The molecule has 2 heterocycles. The van der Waals surface area contributed by atoms with E-state index < -0.39 is 36.0 Å². The number of ether oxygens (including phenoxy) is 1. The number of pyridine rings is 1. The number of aliphatic carboxylic acids is 1. The van der Waals surface area contributed by atoms with Crippen LogP contribution < -0.4 is 10.6 Å². The Morgan fingerprint density at radius 1 is 1.23 bits per heavy atom. The van der Waals surface area contributed by atoms with Crippen molar-refractivity contribution in [2.24, 2.45) is 0 Å². The molecule has 0 saturated carbocycles. The first-order valence-corrected chi connectivity index (χ1v) is 12.4. The number of carbonyl (C=O) groups is 4. The van der Waals surface area contributed by atoms with E-state index in [9.17, 15) is 24.3 Å². The maximum atomic E-state index is 12.7. The van der Waals surface area contributed by atoms with Gasteiger partial charge in [0.25, 0.3) is 5.91 Å². The van der Waals surface area contributed by atoms with E-state index in [0.717, 1.165) is 0 Å². The molecule has 10 nitrogen and oxygen atoms in total. The Balaban J connectivity index is 1.63. The molecule has 0 unspecified atom stereocenters. The molecule has 35 heavy (non-hydrogen) atoms. The zero-order chi connectivity index (χ0) is 25.5. The van der Waals surface area contributed by atoms with E-state index in [4.69, 9.17) is 27.9 Å². The molecule has 1 aromatic heterocycles. The summed E-state index contributed by atoms with van der Waals surface area (Å²) in [6, 6.07) is 5.69. The molecule has 0 aliphatic carbocycles. The van der Waals surface area contributed by atoms with Crippen molar-refractivity contribution in [1.82, 2.24) is 15.2 Å². The molecule has 1 aliphatic heterocycles. The molecular weight excluding hydrogens is 519 g/mol. The highest BCUT2D eigenvalue weighted by Crippen LogP contribution is 2.25. The molecule has 2 aromatic rings. The van der Waals surface area contributed by atoms with Crippen LogP contribution in [0.3, 0.4) is 0 Å². The van der Waals surface area contributed by atoms with Gasteiger partial charge < -0.3 is 20.5 Å². The van der Waals surface area contributed by atoms with E-state index in [0.29, 0.717) is 11.3 Å². The lowest BCUT2D eigenvalue weighted by molar-refractivity contribution is -0.142. The van der Waals surface area contributed by atoms with Crippen LogP contribution in [0.5, 0.6) is 0 Å². The smallest absolute Gasteiger partial charge is 0.411 e. The molecule has 3 amide bonds. The zero-order valence-corrected chi connectivity index (χ0v) is 20.8. The Kier molecular flexibility index (Phi) is 9.19. The Morgan fingerprint density at radius 3 is 2.54 bits per heavy atom. The number of rotatable bonds is 8. The molecule has 2 atom stereocenters. The predicted molar refractivity (Wildman–Crippen MR) is 132 cm³/mol. The van der Waals surface area contributed by atoms with Gasteiger partial charge in [0, 0.05) is 18.4 Å². The normalized spacial score (nSPS) is 15.9. The van der Waals surface area contributed by atoms with Crippen LogP contribution in [0.2, 0.25) is 10.0 Å². The molecule has 186 valence electrons. The van der Waals surface area contributed by atoms with Gasteiger partial charge in [0.2, 0.25) is 5.91 Å². The molecule has 13 heteroatoms. The quantitative estimate of drug-likeness (QED) is 0.463. The van der Waals surface area contributed by atoms with E-state index in [-0.39, 0.29) is 40.3 Å². The number of carboxylic acid groups (broad SMARTS) is 1. The van der Waals surface area contributed by atoms with Crippen molar-refractivity contribution in [2.45, 2.75) is 25.4 Å². The van der Waals surface area contributed by atoms with Gasteiger partial charge in [-0.1, -0.05) is 35.3 Å². The number of carbonyl (C=O) groups excluding carboxylic acids is 3. The standard InChI is InChI=1S/C22H22Cl2N4O6S/c1-2-34-22(33)28-11-35-10-16(28)19(29)26-15(21(31)32)8-12-6-7-17(25-9-12)27-20(30)18-13(23)4-3-5-14(18)24/h3-7,9,15-16H,2,8,10-11H2,1H3,(H,26,29)(H,31,32)(H,25,27,30)/t15-,16+/m0/s1. The maximum Gasteiger partial charge on any atom is 0.411 e. The number of benzene rings is 1. The predicted octanol–water partition coefficient (Wildman–Crippen LogP) is 3.28. The highest BCUT2D eigenvalue weighted by molar-refractivity contribution is 7.99. The minimum atomic E-state index is -1.25. The fourth-order valence-corrected chi connectivity index (χ4v) is 4.97. The number of hydrogen-bond acceptors (Lipinski definition) is 7. The van der Waals surface area contributed by atoms with Crippen LogP contribution in [0.4, 0.5) is 10.6 Å². The summed E-state index contributed by atoms with van der Waals surface area (Å²) in [5, 5.41) is 15.1. The van der Waals surface area contributed by atoms with Gasteiger partial charge in [-0.2, -0.15) is 0 Å². The highest BCUT2D eigenvalue weighted by Gasteiger charge is 2.37. The van der Waals surface area contributed by atoms with Crippen molar-refractivity contribution >= 4 is 64.7 Å². The van der Waals surface area contributed by atoms with Gasteiger partial charge in [-0.3, -0.25) is 14.5 Å². The average molecular weight is 541 g/mol. The lowest BCUT2D eigenvalue weighted by Crippen LogP contribution is -2.52. The van der Waals surface area contributed by atoms with Gasteiger partial charge in [-0.25, -0.2) is 14.6 Å². The number of nitrogens with one attached hydrogen (secondary N) is 2. The first kappa shape index (κ1) is 26.6. The number of halogens is 2. The number of thioether (sulfide) groups is 1. The first-order valence-electron chi connectivity index (χ1n) is 10.5. The largest absolute Gasteiger partial charge is 0.480 e. The summed E-state index contributed by atoms with van der Waals surface area (Å²) >= 11 is 13.5. The molecule has 3 N–H and O–H groups in total. The van der Waals surface area contributed by atoms with E-state index in [1.807, 2.05) is 0 Å².